The maximum Gasteiger partial charge on any atom is 0.318 e. The van der Waals surface area contributed by atoms with E-state index >= 15 is 0 Å². The summed E-state index contributed by atoms with van der Waals surface area (Å²) in [5.41, 5.74) is -0.488. The summed E-state index contributed by atoms with van der Waals surface area (Å²) < 4.78 is 5.46. The molecule has 0 saturated carbocycles. The van der Waals surface area contributed by atoms with E-state index in [9.17, 15) is 25.0 Å². The van der Waals surface area contributed by atoms with Crippen molar-refractivity contribution in [3.05, 3.63) is 73.8 Å². The van der Waals surface area contributed by atoms with Gasteiger partial charge in [0.2, 0.25) is 5.75 Å². The highest BCUT2D eigenvalue weighted by atomic mass is 16.6. The van der Waals surface area contributed by atoms with Crippen molar-refractivity contribution in [3.8, 4) is 17.6 Å². The number of ether oxygens (including phenoxy) is 1. The van der Waals surface area contributed by atoms with Gasteiger partial charge in [0.1, 0.15) is 17.4 Å². The number of carbonyl (C=O) groups is 1. The number of nitriles is 1. The van der Waals surface area contributed by atoms with Gasteiger partial charge in [-0.3, -0.25) is 25.0 Å². The van der Waals surface area contributed by atoms with Crippen LogP contribution in [-0.2, 0) is 4.79 Å². The fourth-order valence-electron chi connectivity index (χ4n) is 2.26. The Kier molecular flexibility index (Phi) is 6.60. The number of benzene rings is 2. The van der Waals surface area contributed by atoms with Crippen LogP contribution in [0.3, 0.4) is 0 Å². The topological polar surface area (TPSA) is 148 Å². The van der Waals surface area contributed by atoms with E-state index in [1.165, 1.54) is 18.2 Å². The van der Waals surface area contributed by atoms with Crippen LogP contribution in [0.4, 0.5) is 11.4 Å². The molecule has 148 valence electrons. The van der Waals surface area contributed by atoms with Gasteiger partial charge in [0.05, 0.1) is 15.9 Å². The number of nitrogens with one attached hydrogen (secondary N) is 1. The number of nitrogens with zero attached hydrogens (tertiary/aromatic N) is 3. The number of rotatable bonds is 7. The van der Waals surface area contributed by atoms with Gasteiger partial charge in [-0.15, -0.1) is 0 Å². The Morgan fingerprint density at radius 2 is 1.79 bits per heavy atom. The van der Waals surface area contributed by atoms with Gasteiger partial charge in [-0.1, -0.05) is 12.1 Å². The van der Waals surface area contributed by atoms with Crippen molar-refractivity contribution in [2.75, 3.05) is 0 Å². The Bertz CT molecular complexity index is 1020. The second-order valence-electron chi connectivity index (χ2n) is 6.14. The number of non-ortho nitro benzene ring substituents is 1. The molecule has 0 aliphatic rings. The van der Waals surface area contributed by atoms with Gasteiger partial charge >= 0.3 is 5.69 Å². The van der Waals surface area contributed by atoms with Crippen molar-refractivity contribution >= 4 is 23.4 Å². The van der Waals surface area contributed by atoms with Crippen molar-refractivity contribution in [3.63, 3.8) is 0 Å². The van der Waals surface area contributed by atoms with E-state index in [1.54, 1.807) is 26.0 Å². The molecule has 2 rings (SSSR count). The molecule has 0 aliphatic heterocycles. The van der Waals surface area contributed by atoms with Gasteiger partial charge in [0.25, 0.3) is 11.6 Å². The molecule has 0 spiro atoms. The van der Waals surface area contributed by atoms with Crippen molar-refractivity contribution < 1.29 is 19.4 Å². The number of amides is 1. The summed E-state index contributed by atoms with van der Waals surface area (Å²) in [5.74, 6) is -0.411. The third kappa shape index (κ3) is 5.61. The molecule has 0 bridgehead atoms. The second kappa shape index (κ2) is 9.09. The van der Waals surface area contributed by atoms with E-state index in [4.69, 9.17) is 10.00 Å². The molecule has 10 nitrogen and oxygen atoms in total. The van der Waals surface area contributed by atoms with Crippen LogP contribution in [-0.4, -0.2) is 21.8 Å². The molecule has 1 amide bonds. The second-order valence-corrected chi connectivity index (χ2v) is 6.14. The highest BCUT2D eigenvalue weighted by molar-refractivity contribution is 6.01. The Morgan fingerprint density at radius 3 is 2.31 bits per heavy atom. The number of nitro groups is 2. The average molecular weight is 396 g/mol. The molecule has 1 N–H and O–H groups in total. The fraction of sp³-hybridized carbons (Fsp3) is 0.158. The first-order valence-corrected chi connectivity index (χ1v) is 8.34. The number of nitro benzene ring substituents is 2. The third-order valence-electron chi connectivity index (χ3n) is 3.55. The van der Waals surface area contributed by atoms with Gasteiger partial charge in [0.15, 0.2) is 0 Å². The van der Waals surface area contributed by atoms with Gasteiger partial charge < -0.3 is 10.1 Å². The van der Waals surface area contributed by atoms with Crippen molar-refractivity contribution in [1.29, 1.82) is 5.26 Å². The van der Waals surface area contributed by atoms with Gasteiger partial charge in [-0.05, 0) is 43.7 Å². The minimum absolute atomic E-state index is 0.0709. The highest BCUT2D eigenvalue weighted by Gasteiger charge is 2.21. The van der Waals surface area contributed by atoms with Crippen molar-refractivity contribution in [2.45, 2.75) is 19.9 Å². The molecule has 2 aromatic rings. The zero-order valence-electron chi connectivity index (χ0n) is 15.5. The predicted molar refractivity (Wildman–Crippen MR) is 103 cm³/mol. The third-order valence-corrected chi connectivity index (χ3v) is 3.55. The van der Waals surface area contributed by atoms with Crippen LogP contribution in [0.5, 0.6) is 11.5 Å². The van der Waals surface area contributed by atoms with E-state index in [0.29, 0.717) is 5.56 Å². The van der Waals surface area contributed by atoms with E-state index in [-0.39, 0.29) is 23.1 Å². The summed E-state index contributed by atoms with van der Waals surface area (Å²) >= 11 is 0. The molecule has 2 aromatic carbocycles. The van der Waals surface area contributed by atoms with Crippen LogP contribution in [0.25, 0.3) is 6.08 Å². The van der Waals surface area contributed by atoms with Crippen LogP contribution < -0.4 is 10.1 Å². The minimum Gasteiger partial charge on any atom is -0.450 e. The number of carbonyl (C=O) groups excluding carboxylic acids is 1. The lowest BCUT2D eigenvalue weighted by molar-refractivity contribution is -0.394. The molecule has 10 heteroatoms. The first-order chi connectivity index (χ1) is 13.7. The zero-order valence-corrected chi connectivity index (χ0v) is 15.5. The first-order valence-electron chi connectivity index (χ1n) is 8.34. The van der Waals surface area contributed by atoms with Crippen LogP contribution in [0, 0.1) is 31.6 Å². The first kappa shape index (κ1) is 21.0. The Hall–Kier alpha value is -4.26. The van der Waals surface area contributed by atoms with E-state index in [1.807, 2.05) is 6.07 Å². The average Bonchev–Trinajstić information content (AvgIpc) is 2.66. The lowest BCUT2D eigenvalue weighted by atomic mass is 10.1. The smallest absolute Gasteiger partial charge is 0.318 e. The Morgan fingerprint density at radius 1 is 1.14 bits per heavy atom. The van der Waals surface area contributed by atoms with Crippen molar-refractivity contribution in [2.24, 2.45) is 0 Å². The highest BCUT2D eigenvalue weighted by Crippen LogP contribution is 2.34. The molecule has 0 aromatic heterocycles. The molecule has 0 fully saturated rings. The van der Waals surface area contributed by atoms with E-state index in [0.717, 1.165) is 18.2 Å². The monoisotopic (exact) mass is 396 g/mol. The number of hydrogen-bond acceptors (Lipinski definition) is 7. The van der Waals surface area contributed by atoms with Crippen LogP contribution >= 0.6 is 0 Å². The van der Waals surface area contributed by atoms with Gasteiger partial charge in [-0.25, -0.2) is 0 Å². The largest absolute Gasteiger partial charge is 0.450 e. The lowest BCUT2D eigenvalue weighted by Gasteiger charge is -2.08. The Labute approximate surface area is 165 Å². The summed E-state index contributed by atoms with van der Waals surface area (Å²) in [6.45, 7) is 3.55. The lowest BCUT2D eigenvalue weighted by Crippen LogP contribution is -2.30. The maximum absolute atomic E-state index is 11.9. The van der Waals surface area contributed by atoms with Crippen LogP contribution in [0.2, 0.25) is 0 Å². The van der Waals surface area contributed by atoms with Gasteiger partial charge in [0, 0.05) is 12.1 Å². The zero-order chi connectivity index (χ0) is 21.6. The molecule has 0 saturated heterocycles. The summed E-state index contributed by atoms with van der Waals surface area (Å²) in [7, 11) is 0. The standard InChI is InChI=1S/C19H16N4O6/c1-12(2)21-19(24)14(11-20)9-13-3-6-16(7-4-13)29-18-8-5-15(22(25)26)10-17(18)23(27)28/h3-10,12H,1-2H3,(H,21,24)/b14-9-. The molecule has 0 aliphatic carbocycles. The quantitative estimate of drug-likeness (QED) is 0.324. The van der Waals surface area contributed by atoms with E-state index in [2.05, 4.69) is 5.32 Å². The van der Waals surface area contributed by atoms with Crippen LogP contribution in [0.1, 0.15) is 19.4 Å². The molecule has 0 atom stereocenters. The van der Waals surface area contributed by atoms with E-state index < -0.39 is 27.1 Å². The molecule has 0 heterocycles. The Balaban J connectivity index is 2.24. The van der Waals surface area contributed by atoms with Gasteiger partial charge in [-0.2, -0.15) is 5.26 Å². The molecular weight excluding hydrogens is 380 g/mol. The molecular formula is C19H16N4O6. The predicted octanol–water partition coefficient (Wildman–Crippen LogP) is 3.73. The SMILES string of the molecule is CC(C)NC(=O)/C(C#N)=C\c1ccc(Oc2ccc([N+](=O)[O-])cc2[N+](=O)[O-])cc1. The van der Waals surface area contributed by atoms with Crippen LogP contribution in [0.15, 0.2) is 48.0 Å². The number of hydrogen-bond donors (Lipinski definition) is 1. The fourth-order valence-corrected chi connectivity index (χ4v) is 2.26. The normalized spacial score (nSPS) is 10.9. The maximum atomic E-state index is 11.9. The summed E-state index contributed by atoms with van der Waals surface area (Å²) in [6.07, 6.45) is 1.40. The molecule has 0 radical (unpaired) electrons. The molecule has 29 heavy (non-hydrogen) atoms. The summed E-state index contributed by atoms with van der Waals surface area (Å²) in [6, 6.07) is 10.9. The molecule has 0 unspecified atom stereocenters. The van der Waals surface area contributed by atoms with Crippen molar-refractivity contribution in [1.82, 2.24) is 5.32 Å². The summed E-state index contributed by atoms with van der Waals surface area (Å²) in [4.78, 5) is 32.4. The minimum atomic E-state index is -0.772. The summed E-state index contributed by atoms with van der Waals surface area (Å²) in [5, 5.41) is 33.7.